The molecule has 10 aromatic rings. The normalized spacial score (nSPS) is 11.6. The Morgan fingerprint density at radius 3 is 1.65 bits per heavy atom. The van der Waals surface area contributed by atoms with E-state index in [0.717, 1.165) is 71.7 Å². The molecule has 0 N–H and O–H groups in total. The Balaban J connectivity index is 1.10. The van der Waals surface area contributed by atoms with Crippen LogP contribution in [0.3, 0.4) is 0 Å². The first-order valence-electron chi connectivity index (χ1n) is 18.7. The Labute approximate surface area is 322 Å². The summed E-state index contributed by atoms with van der Waals surface area (Å²) in [6.45, 7) is 0. The molecule has 7 aromatic carbocycles. The zero-order valence-corrected chi connectivity index (χ0v) is 31.4. The number of aromatic nitrogens is 3. The summed E-state index contributed by atoms with van der Waals surface area (Å²) in [6, 6.07) is 45.7. The van der Waals surface area contributed by atoms with Gasteiger partial charge < -0.3 is 8.83 Å². The maximum Gasteiger partial charge on any atom is 0.164 e. The van der Waals surface area contributed by atoms with Crippen molar-refractivity contribution < 1.29 is 8.83 Å². The van der Waals surface area contributed by atoms with Gasteiger partial charge in [-0.2, -0.15) is 0 Å². The number of para-hydroxylation sites is 2. The van der Waals surface area contributed by atoms with Gasteiger partial charge >= 0.3 is 0 Å². The van der Waals surface area contributed by atoms with Crippen molar-refractivity contribution in [3.63, 3.8) is 0 Å². The highest BCUT2D eigenvalue weighted by Gasteiger charge is 2.20. The second-order valence-electron chi connectivity index (χ2n) is 14.5. The highest BCUT2D eigenvalue weighted by molar-refractivity contribution is 6.68. The van der Waals surface area contributed by atoms with Crippen molar-refractivity contribution in [3.8, 4) is 56.4 Å². The number of hydrogen-bond acceptors (Lipinski definition) is 5. The molecular formula is C45H32B5N3O2. The smallest absolute Gasteiger partial charge is 0.164 e. The topological polar surface area (TPSA) is 65.0 Å². The minimum absolute atomic E-state index is 0.582. The van der Waals surface area contributed by atoms with Gasteiger partial charge in [0.2, 0.25) is 0 Å². The molecule has 5 nitrogen and oxygen atoms in total. The maximum absolute atomic E-state index is 6.57. The summed E-state index contributed by atoms with van der Waals surface area (Å²) >= 11 is 0. The summed E-state index contributed by atoms with van der Waals surface area (Å²) in [5.41, 5.74) is 17.3. The lowest BCUT2D eigenvalue weighted by Gasteiger charge is -2.20. The minimum Gasteiger partial charge on any atom is -0.456 e. The SMILES string of the molecule is Bc1c(B)c(B)c(-c2ccc(-c3nc(-c4ccccc4)nc(-c4ccc5c(c4)oc4cccc(-c6cccc7c6oc6ccccc67)c45)n3)cc2)c(B)c1B. The van der Waals surface area contributed by atoms with E-state index in [1.165, 1.54) is 38.4 Å². The van der Waals surface area contributed by atoms with Crippen LogP contribution in [0.5, 0.6) is 0 Å². The van der Waals surface area contributed by atoms with Crippen molar-refractivity contribution in [2.45, 2.75) is 0 Å². The molecule has 0 amide bonds. The lowest BCUT2D eigenvalue weighted by Crippen LogP contribution is -2.55. The van der Waals surface area contributed by atoms with Gasteiger partial charge in [0.15, 0.2) is 17.5 Å². The van der Waals surface area contributed by atoms with Crippen LogP contribution in [0.1, 0.15) is 0 Å². The van der Waals surface area contributed by atoms with Crippen molar-refractivity contribution in [1.82, 2.24) is 15.0 Å². The number of nitrogens with zero attached hydrogens (tertiary/aromatic N) is 3. The zero-order chi connectivity index (χ0) is 37.4. The fourth-order valence-corrected chi connectivity index (χ4v) is 8.22. The van der Waals surface area contributed by atoms with Crippen LogP contribution >= 0.6 is 0 Å². The predicted molar refractivity (Wildman–Crippen MR) is 242 cm³/mol. The van der Waals surface area contributed by atoms with Crippen molar-refractivity contribution in [2.75, 3.05) is 0 Å². The van der Waals surface area contributed by atoms with Gasteiger partial charge in [0.05, 0.1) is 0 Å². The Hall–Kier alpha value is -6.53. The molecule has 3 aromatic heterocycles. The molecular weight excluding hydrogens is 669 g/mol. The van der Waals surface area contributed by atoms with Crippen LogP contribution < -0.4 is 27.3 Å². The fraction of sp³-hybridized carbons (Fsp3) is 0. The van der Waals surface area contributed by atoms with Gasteiger partial charge in [0.1, 0.15) is 61.6 Å². The molecule has 0 saturated heterocycles. The summed E-state index contributed by atoms with van der Waals surface area (Å²) in [5, 5.41) is 4.27. The Morgan fingerprint density at radius 2 is 0.909 bits per heavy atom. The molecule has 0 saturated carbocycles. The van der Waals surface area contributed by atoms with Gasteiger partial charge in [-0.15, -0.1) is 16.4 Å². The minimum atomic E-state index is 0.582. The van der Waals surface area contributed by atoms with Gasteiger partial charge in [-0.3, -0.25) is 0 Å². The number of furan rings is 2. The third kappa shape index (κ3) is 5.35. The standard InChI is InChI=1S/C45H32B5N3O2/c46-37-35(38(47)40(49)41(50)39(37)48)23-16-18-25(19-17-23)44-51-43(24-8-2-1-3-9-24)52-45(53-44)26-20-21-31-34(22-26)54-33-15-7-11-28(36(31)33)30-13-6-12-29-27-10-4-5-14-32(27)55-42(29)30/h1-22H,46-50H2. The Kier molecular flexibility index (Phi) is 7.70. The molecule has 3 heterocycles. The monoisotopic (exact) mass is 701 g/mol. The highest BCUT2D eigenvalue weighted by Crippen LogP contribution is 2.42. The van der Waals surface area contributed by atoms with Crippen LogP contribution in [0.4, 0.5) is 0 Å². The van der Waals surface area contributed by atoms with Gasteiger partial charge in [-0.25, -0.2) is 15.0 Å². The van der Waals surface area contributed by atoms with Gasteiger partial charge in [-0.05, 0) is 41.0 Å². The average molecular weight is 701 g/mol. The molecule has 254 valence electrons. The third-order valence-electron chi connectivity index (χ3n) is 11.5. The van der Waals surface area contributed by atoms with Crippen molar-refractivity contribution >= 4 is 110 Å². The van der Waals surface area contributed by atoms with Crippen LogP contribution in [0.2, 0.25) is 0 Å². The second kappa shape index (κ2) is 12.8. The van der Waals surface area contributed by atoms with Gasteiger partial charge in [-0.1, -0.05) is 120 Å². The Bertz CT molecular complexity index is 3130. The molecule has 0 fully saturated rings. The molecule has 0 atom stereocenters. The molecule has 0 aliphatic carbocycles. The largest absolute Gasteiger partial charge is 0.456 e. The molecule has 10 heteroatoms. The van der Waals surface area contributed by atoms with Crippen LogP contribution in [0.25, 0.3) is 100 Å². The summed E-state index contributed by atoms with van der Waals surface area (Å²) in [5.74, 6) is 1.82. The molecule has 0 bridgehead atoms. The average Bonchev–Trinajstić information content (AvgIpc) is 3.81. The number of benzene rings is 7. The van der Waals surface area contributed by atoms with Gasteiger partial charge in [0, 0.05) is 43.8 Å². The fourth-order valence-electron chi connectivity index (χ4n) is 8.22. The maximum atomic E-state index is 6.57. The first-order valence-corrected chi connectivity index (χ1v) is 18.7. The number of fused-ring (bicyclic) bond motifs is 6. The Morgan fingerprint density at radius 1 is 0.364 bits per heavy atom. The summed E-state index contributed by atoms with van der Waals surface area (Å²) in [4.78, 5) is 15.1. The van der Waals surface area contributed by atoms with Crippen LogP contribution in [0, 0.1) is 0 Å². The third-order valence-corrected chi connectivity index (χ3v) is 11.5. The number of hydrogen-bond donors (Lipinski definition) is 0. The van der Waals surface area contributed by atoms with Gasteiger partial charge in [0.25, 0.3) is 0 Å². The zero-order valence-electron chi connectivity index (χ0n) is 31.4. The lowest BCUT2D eigenvalue weighted by atomic mass is 9.59. The van der Waals surface area contributed by atoms with Crippen molar-refractivity contribution in [1.29, 1.82) is 0 Å². The van der Waals surface area contributed by atoms with Crippen LogP contribution in [-0.4, -0.2) is 54.2 Å². The first-order chi connectivity index (χ1) is 26.8. The summed E-state index contributed by atoms with van der Waals surface area (Å²) in [7, 11) is 11.1. The predicted octanol–water partition coefficient (Wildman–Crippen LogP) is 3.30. The van der Waals surface area contributed by atoms with E-state index in [0.29, 0.717) is 17.5 Å². The first kappa shape index (κ1) is 33.1. The molecule has 0 unspecified atom stereocenters. The van der Waals surface area contributed by atoms with E-state index in [2.05, 4.69) is 112 Å². The van der Waals surface area contributed by atoms with Crippen molar-refractivity contribution in [2.24, 2.45) is 0 Å². The second-order valence-corrected chi connectivity index (χ2v) is 14.5. The summed E-state index contributed by atoms with van der Waals surface area (Å²) in [6.07, 6.45) is 0. The summed E-state index contributed by atoms with van der Waals surface area (Å²) < 4.78 is 13.0. The molecule has 55 heavy (non-hydrogen) atoms. The van der Waals surface area contributed by atoms with E-state index in [1.807, 2.05) is 60.7 Å². The van der Waals surface area contributed by atoms with E-state index >= 15 is 0 Å². The van der Waals surface area contributed by atoms with E-state index in [4.69, 9.17) is 23.8 Å². The van der Waals surface area contributed by atoms with E-state index < -0.39 is 0 Å². The molecule has 0 spiro atoms. The van der Waals surface area contributed by atoms with Crippen molar-refractivity contribution in [3.05, 3.63) is 133 Å². The van der Waals surface area contributed by atoms with Crippen LogP contribution in [0.15, 0.2) is 142 Å². The molecule has 0 aliphatic rings. The molecule has 10 rings (SSSR count). The van der Waals surface area contributed by atoms with E-state index in [1.54, 1.807) is 0 Å². The van der Waals surface area contributed by atoms with Crippen LogP contribution in [-0.2, 0) is 0 Å². The molecule has 0 aliphatic heterocycles. The number of rotatable bonds is 5. The quantitative estimate of drug-likeness (QED) is 0.258. The van der Waals surface area contributed by atoms with E-state index in [-0.39, 0.29) is 0 Å². The molecule has 0 radical (unpaired) electrons. The van der Waals surface area contributed by atoms with E-state index in [9.17, 15) is 0 Å². The lowest BCUT2D eigenvalue weighted by molar-refractivity contribution is 0.669. The highest BCUT2D eigenvalue weighted by atomic mass is 16.3.